The number of ether oxygens (including phenoxy) is 1. The second-order valence-corrected chi connectivity index (χ2v) is 3.99. The van der Waals surface area contributed by atoms with Crippen LogP contribution in [-0.4, -0.2) is 33.3 Å². The van der Waals surface area contributed by atoms with Crippen LogP contribution >= 0.6 is 0 Å². The summed E-state index contributed by atoms with van der Waals surface area (Å²) in [5.41, 5.74) is 1.39. The number of para-hydroxylation sites is 1. The van der Waals surface area contributed by atoms with E-state index in [0.29, 0.717) is 12.3 Å². The third-order valence-corrected chi connectivity index (χ3v) is 2.46. The molecule has 1 atom stereocenters. The van der Waals surface area contributed by atoms with Crippen molar-refractivity contribution in [3.05, 3.63) is 42.2 Å². The number of aliphatic hydroxyl groups is 1. The first-order valence-corrected chi connectivity index (χ1v) is 6.04. The molecule has 1 N–H and O–H groups in total. The van der Waals surface area contributed by atoms with E-state index in [4.69, 9.17) is 4.74 Å². The minimum Gasteiger partial charge on any atom is -0.384 e. The van der Waals surface area contributed by atoms with E-state index in [0.717, 1.165) is 12.1 Å². The monoisotopic (exact) mass is 247 g/mol. The maximum atomic E-state index is 9.87. The van der Waals surface area contributed by atoms with E-state index >= 15 is 0 Å². The molecule has 0 fully saturated rings. The van der Waals surface area contributed by atoms with E-state index in [1.807, 2.05) is 37.3 Å². The van der Waals surface area contributed by atoms with Gasteiger partial charge in [-0.25, -0.2) is 0 Å². The maximum Gasteiger partial charge on any atom is 0.123 e. The molecule has 0 bridgehead atoms. The van der Waals surface area contributed by atoms with E-state index in [2.05, 4.69) is 10.2 Å². The summed E-state index contributed by atoms with van der Waals surface area (Å²) in [5.74, 6) is 0. The Hall–Kier alpha value is -1.72. The molecule has 2 rings (SSSR count). The van der Waals surface area contributed by atoms with Crippen LogP contribution < -0.4 is 0 Å². The lowest BCUT2D eigenvalue weighted by atomic mass is 10.3. The molecule has 0 aliphatic carbocycles. The molecule has 1 heterocycles. The molecule has 18 heavy (non-hydrogen) atoms. The number of hydrogen-bond donors (Lipinski definition) is 1. The van der Waals surface area contributed by atoms with Crippen LogP contribution in [0.25, 0.3) is 5.69 Å². The molecule has 0 spiro atoms. The minimum atomic E-state index is -0.728. The highest BCUT2D eigenvalue weighted by atomic mass is 16.5. The summed E-state index contributed by atoms with van der Waals surface area (Å²) in [6, 6.07) is 9.58. The number of nitrogens with zero attached hydrogens (tertiary/aromatic N) is 3. The summed E-state index contributed by atoms with van der Waals surface area (Å²) in [5, 5.41) is 18.2. The van der Waals surface area contributed by atoms with Gasteiger partial charge >= 0.3 is 0 Å². The fourth-order valence-corrected chi connectivity index (χ4v) is 1.54. The lowest BCUT2D eigenvalue weighted by Gasteiger charge is -2.07. The van der Waals surface area contributed by atoms with E-state index in [9.17, 15) is 5.11 Å². The van der Waals surface area contributed by atoms with Gasteiger partial charge in [0.2, 0.25) is 0 Å². The molecule has 5 nitrogen and oxygen atoms in total. The fourth-order valence-electron chi connectivity index (χ4n) is 1.54. The largest absolute Gasteiger partial charge is 0.384 e. The van der Waals surface area contributed by atoms with Crippen LogP contribution in [0.2, 0.25) is 0 Å². The minimum absolute atomic E-state index is 0.251. The van der Waals surface area contributed by atoms with Crippen molar-refractivity contribution in [1.29, 1.82) is 0 Å². The number of rotatable bonds is 6. The Balaban J connectivity index is 2.02. The van der Waals surface area contributed by atoms with Crippen LogP contribution in [0.1, 0.15) is 25.1 Å². The summed E-state index contributed by atoms with van der Waals surface area (Å²) in [7, 11) is 0. The molecule has 0 aliphatic rings. The fraction of sp³-hybridized carbons (Fsp3) is 0.385. The molecule has 0 saturated carbocycles. The molecule has 1 aromatic carbocycles. The number of aliphatic hydroxyl groups excluding tert-OH is 1. The molecule has 0 radical (unpaired) electrons. The molecular weight excluding hydrogens is 230 g/mol. The molecule has 96 valence electrons. The van der Waals surface area contributed by atoms with E-state index < -0.39 is 6.10 Å². The zero-order valence-electron chi connectivity index (χ0n) is 10.4. The Bertz CT molecular complexity index is 470. The number of benzene rings is 1. The third kappa shape index (κ3) is 3.15. The summed E-state index contributed by atoms with van der Waals surface area (Å²) >= 11 is 0. The Morgan fingerprint density at radius 1 is 1.33 bits per heavy atom. The van der Waals surface area contributed by atoms with Gasteiger partial charge in [-0.15, -0.1) is 0 Å². The second kappa shape index (κ2) is 6.28. The van der Waals surface area contributed by atoms with Crippen LogP contribution in [0.4, 0.5) is 0 Å². The van der Waals surface area contributed by atoms with Gasteiger partial charge in [0.25, 0.3) is 0 Å². The lowest BCUT2D eigenvalue weighted by molar-refractivity contribution is 0.0340. The highest BCUT2D eigenvalue weighted by Crippen LogP contribution is 2.11. The van der Waals surface area contributed by atoms with Gasteiger partial charge in [0.15, 0.2) is 0 Å². The maximum absolute atomic E-state index is 9.87. The van der Waals surface area contributed by atoms with Gasteiger partial charge in [0.05, 0.1) is 18.5 Å². The van der Waals surface area contributed by atoms with Gasteiger partial charge < -0.3 is 9.84 Å². The lowest BCUT2D eigenvalue weighted by Crippen LogP contribution is -2.09. The van der Waals surface area contributed by atoms with Gasteiger partial charge in [-0.3, -0.25) is 0 Å². The van der Waals surface area contributed by atoms with E-state index in [1.165, 1.54) is 4.80 Å². The van der Waals surface area contributed by atoms with Crippen molar-refractivity contribution in [3.8, 4) is 5.69 Å². The number of aromatic nitrogens is 3. The molecular formula is C13H17N3O2. The molecule has 0 amide bonds. The van der Waals surface area contributed by atoms with Crippen molar-refractivity contribution < 1.29 is 9.84 Å². The average Bonchev–Trinajstić information content (AvgIpc) is 2.89. The normalized spacial score (nSPS) is 12.6. The van der Waals surface area contributed by atoms with Crippen LogP contribution in [0.15, 0.2) is 36.5 Å². The third-order valence-electron chi connectivity index (χ3n) is 2.46. The highest BCUT2D eigenvalue weighted by molar-refractivity contribution is 5.28. The van der Waals surface area contributed by atoms with Gasteiger partial charge in [-0.1, -0.05) is 25.1 Å². The van der Waals surface area contributed by atoms with Gasteiger partial charge in [-0.2, -0.15) is 15.0 Å². The summed E-state index contributed by atoms with van der Waals surface area (Å²) in [6.45, 7) is 2.92. The number of hydrogen-bond acceptors (Lipinski definition) is 4. The summed E-state index contributed by atoms with van der Waals surface area (Å²) in [4.78, 5) is 1.50. The van der Waals surface area contributed by atoms with Crippen LogP contribution in [0, 0.1) is 0 Å². The first-order valence-electron chi connectivity index (χ1n) is 6.04. The molecule has 2 aromatic rings. The second-order valence-electron chi connectivity index (χ2n) is 3.99. The van der Waals surface area contributed by atoms with E-state index in [-0.39, 0.29) is 6.61 Å². The van der Waals surface area contributed by atoms with Crippen molar-refractivity contribution in [2.24, 2.45) is 0 Å². The van der Waals surface area contributed by atoms with Crippen molar-refractivity contribution >= 4 is 0 Å². The Morgan fingerprint density at radius 3 is 2.83 bits per heavy atom. The smallest absolute Gasteiger partial charge is 0.123 e. The predicted molar refractivity (Wildman–Crippen MR) is 67.4 cm³/mol. The van der Waals surface area contributed by atoms with Crippen molar-refractivity contribution in [3.63, 3.8) is 0 Å². The first-order chi connectivity index (χ1) is 8.81. The summed E-state index contributed by atoms with van der Waals surface area (Å²) < 4.78 is 5.29. The highest BCUT2D eigenvalue weighted by Gasteiger charge is 2.12. The topological polar surface area (TPSA) is 60.2 Å². The van der Waals surface area contributed by atoms with Gasteiger partial charge in [-0.05, 0) is 18.6 Å². The molecule has 0 aliphatic heterocycles. The van der Waals surface area contributed by atoms with Crippen molar-refractivity contribution in [2.45, 2.75) is 19.4 Å². The zero-order valence-corrected chi connectivity index (χ0v) is 10.4. The van der Waals surface area contributed by atoms with E-state index in [1.54, 1.807) is 6.20 Å². The average molecular weight is 247 g/mol. The van der Waals surface area contributed by atoms with Gasteiger partial charge in [0.1, 0.15) is 11.8 Å². The molecule has 1 unspecified atom stereocenters. The van der Waals surface area contributed by atoms with Crippen LogP contribution in [0.5, 0.6) is 0 Å². The Labute approximate surface area is 106 Å². The molecule has 1 aromatic heterocycles. The standard InChI is InChI=1S/C13H17N3O2/c1-2-8-18-10-13(17)12-9-14-16(15-12)11-6-4-3-5-7-11/h3-7,9,13,17H,2,8,10H2,1H3. The zero-order chi connectivity index (χ0) is 12.8. The first kappa shape index (κ1) is 12.7. The Morgan fingerprint density at radius 2 is 2.11 bits per heavy atom. The van der Waals surface area contributed by atoms with Crippen LogP contribution in [0.3, 0.4) is 0 Å². The Kier molecular flexibility index (Phi) is 4.44. The SMILES string of the molecule is CCCOCC(O)c1cnn(-c2ccccc2)n1. The van der Waals surface area contributed by atoms with Crippen molar-refractivity contribution in [1.82, 2.24) is 15.0 Å². The van der Waals surface area contributed by atoms with Crippen molar-refractivity contribution in [2.75, 3.05) is 13.2 Å². The molecule has 0 saturated heterocycles. The predicted octanol–water partition coefficient (Wildman–Crippen LogP) is 1.73. The quantitative estimate of drug-likeness (QED) is 0.790. The van der Waals surface area contributed by atoms with Gasteiger partial charge in [0, 0.05) is 6.61 Å². The molecule has 5 heteroatoms. The van der Waals surface area contributed by atoms with Crippen LogP contribution in [-0.2, 0) is 4.74 Å². The summed E-state index contributed by atoms with van der Waals surface area (Å²) in [6.07, 6.45) is 1.77.